The summed E-state index contributed by atoms with van der Waals surface area (Å²) < 4.78 is 27.2. The van der Waals surface area contributed by atoms with Gasteiger partial charge < -0.3 is 29.6 Å². The Kier molecular flexibility index (Phi) is 10.8. The van der Waals surface area contributed by atoms with Crippen molar-refractivity contribution in [2.45, 2.75) is 0 Å². The Morgan fingerprint density at radius 1 is 0.379 bits per heavy atom. The van der Waals surface area contributed by atoms with Gasteiger partial charge in [0.15, 0.2) is 11.6 Å². The van der Waals surface area contributed by atoms with Crippen molar-refractivity contribution in [3.8, 4) is 45.6 Å². The molecular weight excluding hydrogens is 831 g/mol. The third-order valence-corrected chi connectivity index (χ3v) is 12.5. The van der Waals surface area contributed by atoms with Crippen LogP contribution in [0.2, 0.25) is 0 Å². The van der Waals surface area contributed by atoms with Crippen LogP contribution in [0.5, 0.6) is 0 Å². The first-order chi connectivity index (χ1) is 32.3. The molecule has 10 aromatic rings. The Morgan fingerprint density at radius 2 is 0.758 bits per heavy atom. The highest BCUT2D eigenvalue weighted by Crippen LogP contribution is 2.34. The molecule has 0 radical (unpaired) electrons. The lowest BCUT2D eigenvalue weighted by Crippen LogP contribution is -2.44. The number of likely N-dealkylation sites (N-methyl/N-ethyl adjacent to an activating group) is 2. The van der Waals surface area contributed by atoms with Gasteiger partial charge in [0.1, 0.15) is 34.4 Å². The van der Waals surface area contributed by atoms with Gasteiger partial charge in [-0.2, -0.15) is 0 Å². The second kappa shape index (κ2) is 17.4. The summed E-state index contributed by atoms with van der Waals surface area (Å²) in [5.74, 6) is 0.729. The lowest BCUT2D eigenvalue weighted by molar-refractivity contribution is 0.313. The average Bonchev–Trinajstić information content (AvgIpc) is 3.99. The van der Waals surface area contributed by atoms with E-state index >= 15 is 0 Å². The zero-order chi connectivity index (χ0) is 44.7. The number of hydrogen-bond acceptors (Lipinski definition) is 10. The molecule has 0 atom stereocenters. The Balaban J connectivity index is 0.000000146. The van der Waals surface area contributed by atoms with Crippen LogP contribution in [-0.2, 0) is 0 Å². The van der Waals surface area contributed by atoms with Gasteiger partial charge in [-0.1, -0.05) is 24.3 Å². The molecule has 4 aromatic heterocycles. The van der Waals surface area contributed by atoms with E-state index in [-0.39, 0.29) is 11.6 Å². The van der Waals surface area contributed by atoms with E-state index in [1.54, 1.807) is 24.3 Å². The number of imidazole rings is 2. The van der Waals surface area contributed by atoms with E-state index in [4.69, 9.17) is 29.9 Å². The minimum Gasteiger partial charge on any atom is -0.369 e. The molecule has 2 saturated heterocycles. The molecule has 0 amide bonds. The Morgan fingerprint density at radius 3 is 1.18 bits per heavy atom. The highest BCUT2D eigenvalue weighted by atomic mass is 19.1. The van der Waals surface area contributed by atoms with Crippen LogP contribution in [0.25, 0.3) is 89.7 Å². The minimum absolute atomic E-state index is 0.282. The van der Waals surface area contributed by atoms with Crippen LogP contribution in [0.3, 0.4) is 0 Å². The number of piperazine rings is 2. The van der Waals surface area contributed by atoms with Crippen LogP contribution in [0.4, 0.5) is 20.2 Å². The van der Waals surface area contributed by atoms with E-state index < -0.39 is 0 Å². The van der Waals surface area contributed by atoms with E-state index in [0.29, 0.717) is 34.4 Å². The number of aromatic amines is 2. The van der Waals surface area contributed by atoms with E-state index in [0.717, 1.165) is 119 Å². The summed E-state index contributed by atoms with van der Waals surface area (Å²) in [5, 5.41) is 0. The predicted molar refractivity (Wildman–Crippen MR) is 259 cm³/mol. The molecule has 6 aromatic carbocycles. The van der Waals surface area contributed by atoms with Gasteiger partial charge in [0.25, 0.3) is 0 Å². The number of fused-ring (bicyclic) bond motifs is 4. The van der Waals surface area contributed by atoms with Gasteiger partial charge in [-0.3, -0.25) is 0 Å². The molecule has 6 heterocycles. The van der Waals surface area contributed by atoms with Crippen molar-refractivity contribution in [3.05, 3.63) is 145 Å². The summed E-state index contributed by atoms with van der Waals surface area (Å²) in [5.41, 5.74) is 13.4. The molecule has 2 fully saturated rings. The normalized spacial score (nSPS) is 14.9. The highest BCUT2D eigenvalue weighted by molar-refractivity contribution is 5.90. The quantitative estimate of drug-likeness (QED) is 0.167. The third-order valence-electron chi connectivity index (χ3n) is 12.5. The number of para-hydroxylation sites is 4. The standard InChI is InChI=1S/2C26H23FN6/c1-32-12-14-33(15-13-32)19-10-11-22-23(16-19)29-24(17-6-8-18(27)9-7-17)25(28-22)26-30-20-4-2-3-5-21(20)31-26;1-32-12-14-33(15-13-32)19-10-11-22-23(16-19)29-25(24(28-22)17-6-8-18(27)9-7-17)26-30-20-4-2-3-5-21(20)31-26/h2*2-11,16H,12-15H2,1H3,(H,30,31). The van der Waals surface area contributed by atoms with Gasteiger partial charge in [-0.15, -0.1) is 0 Å². The fraction of sp³-hybridized carbons (Fsp3) is 0.192. The minimum atomic E-state index is -0.283. The molecule has 2 aliphatic heterocycles. The van der Waals surface area contributed by atoms with E-state index in [9.17, 15) is 8.78 Å². The number of aromatic nitrogens is 8. The maximum atomic E-state index is 13.6. The van der Waals surface area contributed by atoms with Crippen molar-refractivity contribution in [3.63, 3.8) is 0 Å². The molecule has 328 valence electrons. The predicted octanol–water partition coefficient (Wildman–Crippen LogP) is 9.46. The Labute approximate surface area is 379 Å². The number of rotatable bonds is 6. The topological polar surface area (TPSA) is 122 Å². The summed E-state index contributed by atoms with van der Waals surface area (Å²) in [6.07, 6.45) is 0. The molecule has 0 unspecified atom stereocenters. The number of halogens is 2. The monoisotopic (exact) mass is 876 g/mol. The number of nitrogens with zero attached hydrogens (tertiary/aromatic N) is 10. The maximum Gasteiger partial charge on any atom is 0.159 e. The van der Waals surface area contributed by atoms with Gasteiger partial charge >= 0.3 is 0 Å². The molecule has 66 heavy (non-hydrogen) atoms. The molecule has 0 bridgehead atoms. The second-order valence-electron chi connectivity index (χ2n) is 17.0. The fourth-order valence-corrected chi connectivity index (χ4v) is 8.69. The van der Waals surface area contributed by atoms with E-state index in [1.807, 2.05) is 60.7 Å². The first kappa shape index (κ1) is 41.1. The van der Waals surface area contributed by atoms with E-state index in [2.05, 4.69) is 67.9 Å². The lowest BCUT2D eigenvalue weighted by atomic mass is 10.1. The zero-order valence-electron chi connectivity index (χ0n) is 36.6. The van der Waals surface area contributed by atoms with Crippen molar-refractivity contribution < 1.29 is 8.78 Å². The van der Waals surface area contributed by atoms with Crippen molar-refractivity contribution in [2.75, 3.05) is 76.3 Å². The molecule has 12 nitrogen and oxygen atoms in total. The molecule has 0 spiro atoms. The SMILES string of the molecule is CN1CCN(c2ccc3nc(-c4ccc(F)cc4)c(-c4nc5ccccc5[nH]4)nc3c2)CC1.CN1CCN(c2ccc3nc(-c4nc5ccccc5[nH]4)c(-c4ccc(F)cc4)nc3c2)CC1. The van der Waals surface area contributed by atoms with Crippen LogP contribution in [0.1, 0.15) is 0 Å². The summed E-state index contributed by atoms with van der Waals surface area (Å²) >= 11 is 0. The summed E-state index contributed by atoms with van der Waals surface area (Å²) in [6.45, 7) is 8.09. The van der Waals surface area contributed by atoms with Gasteiger partial charge in [-0.05, 0) is 123 Å². The molecule has 2 aliphatic rings. The fourth-order valence-electron chi connectivity index (χ4n) is 8.69. The second-order valence-corrected chi connectivity index (χ2v) is 17.0. The summed E-state index contributed by atoms with van der Waals surface area (Å²) in [6, 6.07) is 41.0. The van der Waals surface area contributed by atoms with Crippen LogP contribution >= 0.6 is 0 Å². The van der Waals surface area contributed by atoms with Gasteiger partial charge in [0, 0.05) is 74.9 Å². The molecule has 0 aliphatic carbocycles. The van der Waals surface area contributed by atoms with Crippen molar-refractivity contribution in [1.82, 2.24) is 49.7 Å². The number of anilines is 2. The zero-order valence-corrected chi connectivity index (χ0v) is 36.6. The average molecular weight is 877 g/mol. The van der Waals surface area contributed by atoms with E-state index in [1.165, 1.54) is 24.3 Å². The first-order valence-corrected chi connectivity index (χ1v) is 22.2. The summed E-state index contributed by atoms with van der Waals surface area (Å²) in [4.78, 5) is 45.6. The van der Waals surface area contributed by atoms with Gasteiger partial charge in [0.2, 0.25) is 0 Å². The van der Waals surface area contributed by atoms with Crippen LogP contribution in [0, 0.1) is 11.6 Å². The first-order valence-electron chi connectivity index (χ1n) is 22.2. The largest absolute Gasteiger partial charge is 0.369 e. The van der Waals surface area contributed by atoms with Crippen molar-refractivity contribution in [1.29, 1.82) is 0 Å². The highest BCUT2D eigenvalue weighted by Gasteiger charge is 2.21. The number of hydrogen-bond donors (Lipinski definition) is 2. The Hall–Kier alpha value is -7.68. The summed E-state index contributed by atoms with van der Waals surface area (Å²) in [7, 11) is 4.30. The van der Waals surface area contributed by atoms with Crippen LogP contribution in [0.15, 0.2) is 133 Å². The lowest BCUT2D eigenvalue weighted by Gasteiger charge is -2.34. The van der Waals surface area contributed by atoms with Crippen molar-refractivity contribution in [2.24, 2.45) is 0 Å². The number of benzene rings is 6. The third kappa shape index (κ3) is 8.28. The van der Waals surface area contributed by atoms with Gasteiger partial charge in [-0.25, -0.2) is 38.7 Å². The van der Waals surface area contributed by atoms with Crippen LogP contribution < -0.4 is 9.80 Å². The molecule has 2 N–H and O–H groups in total. The Bertz CT molecular complexity index is 3290. The number of nitrogens with one attached hydrogen (secondary N) is 2. The maximum absolute atomic E-state index is 13.6. The van der Waals surface area contributed by atoms with Crippen LogP contribution in [-0.4, -0.2) is 116 Å². The molecule has 0 saturated carbocycles. The van der Waals surface area contributed by atoms with Crippen molar-refractivity contribution >= 4 is 55.5 Å². The number of H-pyrrole nitrogens is 2. The molecule has 12 rings (SSSR count). The smallest absolute Gasteiger partial charge is 0.159 e. The van der Waals surface area contributed by atoms with Gasteiger partial charge in [0.05, 0.1) is 44.1 Å². The molecular formula is C52H46F2N12. The molecule has 14 heteroatoms.